The van der Waals surface area contributed by atoms with Crippen LogP contribution in [0.2, 0.25) is 5.28 Å². The number of anilines is 1. The monoisotopic (exact) mass is 494 g/mol. The summed E-state index contributed by atoms with van der Waals surface area (Å²) in [6, 6.07) is 0. The van der Waals surface area contributed by atoms with Gasteiger partial charge in [0.1, 0.15) is 23.8 Å². The van der Waals surface area contributed by atoms with Crippen LogP contribution in [0, 0.1) is 5.92 Å². The average Bonchev–Trinajstić information content (AvgIpc) is 3.21. The summed E-state index contributed by atoms with van der Waals surface area (Å²) in [7, 11) is -4.99. The molecular weight excluding hydrogens is 471 g/mol. The first-order chi connectivity index (χ1) is 14.9. The predicted molar refractivity (Wildman–Crippen MR) is 110 cm³/mol. The molecule has 14 nitrogen and oxygen atoms in total. The van der Waals surface area contributed by atoms with Gasteiger partial charge in [-0.1, -0.05) is 13.8 Å². The fourth-order valence-electron chi connectivity index (χ4n) is 3.10. The van der Waals surface area contributed by atoms with Crippen molar-refractivity contribution in [1.82, 2.24) is 24.8 Å². The zero-order valence-electron chi connectivity index (χ0n) is 17.1. The molecule has 0 saturated carbocycles. The minimum atomic E-state index is -4.99. The molecule has 0 spiro atoms. The molecule has 0 aromatic carbocycles. The number of hydrogen-bond acceptors (Lipinski definition) is 10. The molecule has 7 N–H and O–H groups in total. The second-order valence-electron chi connectivity index (χ2n) is 7.66. The number of aliphatic hydroxyl groups excluding tert-OH is 2. The number of aromatic nitrogens is 4. The lowest BCUT2D eigenvalue weighted by Gasteiger charge is -2.22. The summed E-state index contributed by atoms with van der Waals surface area (Å²) in [5.41, 5.74) is 6.09. The smallest absolute Gasteiger partial charge is 0.363 e. The van der Waals surface area contributed by atoms with Crippen molar-refractivity contribution in [3.05, 3.63) is 11.6 Å². The SMILES string of the molecule is CC(C)CNC(=O)[C@@H](OC[C@H]1O[C@@H](n2cnc3c(N)nc(Cl)nc32)[C@H](O)[C@H]1O)P(=O)(O)O. The molecule has 1 amide bonds. The molecule has 1 aliphatic heterocycles. The summed E-state index contributed by atoms with van der Waals surface area (Å²) in [5, 5.41) is 23.1. The number of hydrogen-bond donors (Lipinski definition) is 6. The molecule has 2 aromatic rings. The van der Waals surface area contributed by atoms with Crippen LogP contribution in [0.1, 0.15) is 20.1 Å². The third-order valence-corrected chi connectivity index (χ3v) is 5.83. The number of ether oxygens (including phenoxy) is 2. The second-order valence-corrected chi connectivity index (χ2v) is 9.65. The first-order valence-electron chi connectivity index (χ1n) is 9.51. The molecule has 0 bridgehead atoms. The highest BCUT2D eigenvalue weighted by molar-refractivity contribution is 7.53. The van der Waals surface area contributed by atoms with Crippen LogP contribution in [0.15, 0.2) is 6.33 Å². The van der Waals surface area contributed by atoms with E-state index >= 15 is 0 Å². The summed E-state index contributed by atoms with van der Waals surface area (Å²) in [6.07, 6.45) is -4.16. The van der Waals surface area contributed by atoms with Gasteiger partial charge in [-0.15, -0.1) is 0 Å². The third-order valence-electron chi connectivity index (χ3n) is 4.67. The Kier molecular flexibility index (Phi) is 7.37. The first kappa shape index (κ1) is 24.7. The number of carbonyl (C=O) groups is 1. The topological polar surface area (TPSA) is 215 Å². The van der Waals surface area contributed by atoms with Crippen molar-refractivity contribution in [2.24, 2.45) is 5.92 Å². The lowest BCUT2D eigenvalue weighted by atomic mass is 10.1. The van der Waals surface area contributed by atoms with Gasteiger partial charge in [-0.3, -0.25) is 13.9 Å². The maximum atomic E-state index is 12.2. The molecule has 0 unspecified atom stereocenters. The van der Waals surface area contributed by atoms with E-state index < -0.39 is 50.5 Å². The summed E-state index contributed by atoms with van der Waals surface area (Å²) in [6.45, 7) is 3.21. The van der Waals surface area contributed by atoms with Gasteiger partial charge in [0.05, 0.1) is 12.9 Å². The van der Waals surface area contributed by atoms with Crippen LogP contribution in [0.4, 0.5) is 5.82 Å². The molecule has 1 saturated heterocycles. The fraction of sp³-hybridized carbons (Fsp3) is 0.625. The van der Waals surface area contributed by atoms with Gasteiger partial charge >= 0.3 is 7.60 Å². The van der Waals surface area contributed by atoms with E-state index in [1.807, 2.05) is 13.8 Å². The van der Waals surface area contributed by atoms with Crippen molar-refractivity contribution in [3.63, 3.8) is 0 Å². The van der Waals surface area contributed by atoms with E-state index in [9.17, 15) is 29.4 Å². The van der Waals surface area contributed by atoms with Crippen LogP contribution in [0.3, 0.4) is 0 Å². The number of carbonyl (C=O) groups excluding carboxylic acids is 1. The number of nitrogens with zero attached hydrogens (tertiary/aromatic N) is 4. The average molecular weight is 495 g/mol. The minimum Gasteiger partial charge on any atom is -0.387 e. The minimum absolute atomic E-state index is 0.00330. The maximum Gasteiger partial charge on any atom is 0.363 e. The summed E-state index contributed by atoms with van der Waals surface area (Å²) in [5.74, 6) is -3.06. The number of nitrogen functional groups attached to an aromatic ring is 1. The largest absolute Gasteiger partial charge is 0.387 e. The Labute approximate surface area is 186 Å². The normalized spacial score (nSPS) is 24.9. The van der Waals surface area contributed by atoms with E-state index in [2.05, 4.69) is 20.3 Å². The van der Waals surface area contributed by atoms with Gasteiger partial charge in [-0.25, -0.2) is 4.98 Å². The molecule has 3 rings (SSSR count). The quantitative estimate of drug-likeness (QED) is 0.192. The van der Waals surface area contributed by atoms with Crippen molar-refractivity contribution in [1.29, 1.82) is 0 Å². The van der Waals surface area contributed by atoms with Crippen LogP contribution in [0.5, 0.6) is 0 Å². The number of amides is 1. The van der Waals surface area contributed by atoms with E-state index in [1.54, 1.807) is 0 Å². The van der Waals surface area contributed by atoms with Crippen LogP contribution in [0.25, 0.3) is 11.2 Å². The Morgan fingerprint density at radius 3 is 2.69 bits per heavy atom. The van der Waals surface area contributed by atoms with Crippen molar-refractivity contribution in [3.8, 4) is 0 Å². The van der Waals surface area contributed by atoms with E-state index in [-0.39, 0.29) is 34.7 Å². The Morgan fingerprint density at radius 2 is 2.06 bits per heavy atom. The molecule has 5 atom stereocenters. The number of halogens is 1. The predicted octanol–water partition coefficient (Wildman–Crippen LogP) is -1.03. The van der Waals surface area contributed by atoms with Crippen LogP contribution < -0.4 is 11.1 Å². The zero-order chi connectivity index (χ0) is 23.8. The van der Waals surface area contributed by atoms with E-state index in [1.165, 1.54) is 10.9 Å². The van der Waals surface area contributed by atoms with E-state index in [4.69, 9.17) is 26.8 Å². The van der Waals surface area contributed by atoms with Crippen molar-refractivity contribution in [2.45, 2.75) is 44.2 Å². The van der Waals surface area contributed by atoms with Crippen LogP contribution in [-0.4, -0.2) is 82.7 Å². The number of imidazole rings is 1. The third kappa shape index (κ3) is 5.18. The maximum absolute atomic E-state index is 12.2. The molecule has 0 radical (unpaired) electrons. The molecule has 1 aliphatic rings. The molecule has 32 heavy (non-hydrogen) atoms. The summed E-state index contributed by atoms with van der Waals surface area (Å²) >= 11 is 5.83. The molecule has 2 aromatic heterocycles. The summed E-state index contributed by atoms with van der Waals surface area (Å²) in [4.78, 5) is 43.0. The highest BCUT2D eigenvalue weighted by Gasteiger charge is 2.46. The molecule has 3 heterocycles. The second kappa shape index (κ2) is 9.53. The van der Waals surface area contributed by atoms with Crippen LogP contribution >= 0.6 is 19.2 Å². The highest BCUT2D eigenvalue weighted by atomic mass is 35.5. The number of nitrogens with two attached hydrogens (primary N) is 1. The lowest BCUT2D eigenvalue weighted by molar-refractivity contribution is -0.133. The van der Waals surface area contributed by atoms with E-state index in [0.717, 1.165) is 0 Å². The molecule has 16 heteroatoms. The van der Waals surface area contributed by atoms with Crippen molar-refractivity contribution < 1.29 is 38.8 Å². The molecular formula is C16H24ClN6O8P. The van der Waals surface area contributed by atoms with Gasteiger partial charge in [-0.2, -0.15) is 9.97 Å². The van der Waals surface area contributed by atoms with Gasteiger partial charge in [0.15, 0.2) is 17.7 Å². The molecule has 1 fully saturated rings. The van der Waals surface area contributed by atoms with Gasteiger partial charge in [0.25, 0.3) is 5.91 Å². The Hall–Kier alpha value is -1.90. The van der Waals surface area contributed by atoms with Crippen LogP contribution in [-0.2, 0) is 18.8 Å². The fourth-order valence-corrected chi connectivity index (χ4v) is 3.95. The van der Waals surface area contributed by atoms with E-state index in [0.29, 0.717) is 0 Å². The highest BCUT2D eigenvalue weighted by Crippen LogP contribution is 2.42. The zero-order valence-corrected chi connectivity index (χ0v) is 18.7. The Bertz CT molecular complexity index is 1030. The summed E-state index contributed by atoms with van der Waals surface area (Å²) < 4.78 is 23.8. The van der Waals surface area contributed by atoms with Gasteiger partial charge in [-0.05, 0) is 17.5 Å². The number of aliphatic hydroxyl groups is 2. The Morgan fingerprint density at radius 1 is 1.38 bits per heavy atom. The number of nitrogens with one attached hydrogen (secondary N) is 1. The van der Waals surface area contributed by atoms with Crippen molar-refractivity contribution >= 4 is 42.1 Å². The van der Waals surface area contributed by atoms with Crippen molar-refractivity contribution in [2.75, 3.05) is 18.9 Å². The Balaban J connectivity index is 1.75. The lowest BCUT2D eigenvalue weighted by Crippen LogP contribution is -2.41. The first-order valence-corrected chi connectivity index (χ1v) is 11.6. The molecule has 0 aliphatic carbocycles. The van der Waals surface area contributed by atoms with Gasteiger partial charge < -0.3 is 40.5 Å². The number of fused-ring (bicyclic) bond motifs is 1. The standard InChI is InChI=1S/C16H24ClN6O8P/c1-6(2)3-19-13(26)15(32(27,28)29)30-4-7-9(24)10(25)14(31-7)23-5-20-8-11(18)21-16(17)22-12(8)23/h5-7,9-10,14-15,24-25H,3-4H2,1-2H3,(H,19,26)(H2,18,21,22)(H2,27,28,29)/t7-,9+,10-,14-,15+/m1/s1. The van der Waals surface area contributed by atoms with Gasteiger partial charge in [0.2, 0.25) is 11.1 Å². The molecule has 178 valence electrons. The number of rotatable bonds is 8. The van der Waals surface area contributed by atoms with Gasteiger partial charge in [0, 0.05) is 6.54 Å².